The van der Waals surface area contributed by atoms with Crippen molar-refractivity contribution in [1.29, 1.82) is 0 Å². The minimum absolute atomic E-state index is 0.409. The summed E-state index contributed by atoms with van der Waals surface area (Å²) >= 11 is 0. The number of carbonyl (C=O) groups is 1. The van der Waals surface area contributed by atoms with E-state index in [1.165, 1.54) is 11.1 Å². The molecule has 1 aliphatic heterocycles. The first-order valence-corrected chi connectivity index (χ1v) is 12.5. The molecule has 4 aromatic rings. The van der Waals surface area contributed by atoms with Crippen LogP contribution < -0.4 is 14.2 Å². The maximum Gasteiger partial charge on any atom is 0.161 e. The standard InChI is InChI=1S/C33H30O4/c1-22-6-4-7-26(16-22)21-37-32-18-25(17-23(2)30(32)20-34)10-11-27-8-5-9-29(24(27)3)28-12-13-31-33(19-28)36-15-14-35-31/h4-13,16-20H,14-15,21H2,1-3H3/b11-10+. The summed E-state index contributed by atoms with van der Waals surface area (Å²) < 4.78 is 17.6. The van der Waals surface area contributed by atoms with Crippen LogP contribution in [0.25, 0.3) is 23.3 Å². The van der Waals surface area contributed by atoms with Gasteiger partial charge in [0.25, 0.3) is 0 Å². The number of hydrogen-bond acceptors (Lipinski definition) is 4. The normalized spacial score (nSPS) is 12.5. The molecule has 0 atom stereocenters. The molecule has 0 amide bonds. The van der Waals surface area contributed by atoms with Crippen LogP contribution in [0.15, 0.2) is 72.8 Å². The molecule has 0 spiro atoms. The minimum Gasteiger partial charge on any atom is -0.488 e. The van der Waals surface area contributed by atoms with Gasteiger partial charge < -0.3 is 14.2 Å². The zero-order valence-electron chi connectivity index (χ0n) is 21.4. The first kappa shape index (κ1) is 24.4. The van der Waals surface area contributed by atoms with Crippen LogP contribution in [-0.4, -0.2) is 19.5 Å². The molecular weight excluding hydrogens is 460 g/mol. The number of aldehydes is 1. The van der Waals surface area contributed by atoms with Crippen molar-refractivity contribution in [2.75, 3.05) is 13.2 Å². The Labute approximate surface area is 218 Å². The summed E-state index contributed by atoms with van der Waals surface area (Å²) in [5, 5.41) is 0. The van der Waals surface area contributed by atoms with E-state index in [4.69, 9.17) is 14.2 Å². The van der Waals surface area contributed by atoms with Gasteiger partial charge >= 0.3 is 0 Å². The van der Waals surface area contributed by atoms with Gasteiger partial charge in [0, 0.05) is 0 Å². The van der Waals surface area contributed by atoms with Crippen molar-refractivity contribution in [1.82, 2.24) is 0 Å². The van der Waals surface area contributed by atoms with Crippen LogP contribution in [0.2, 0.25) is 0 Å². The summed E-state index contributed by atoms with van der Waals surface area (Å²) in [6.45, 7) is 7.68. The molecule has 4 aromatic carbocycles. The molecule has 0 unspecified atom stereocenters. The number of benzene rings is 4. The van der Waals surface area contributed by atoms with E-state index in [0.717, 1.165) is 51.2 Å². The zero-order valence-corrected chi connectivity index (χ0v) is 21.4. The average Bonchev–Trinajstić information content (AvgIpc) is 2.91. The Kier molecular flexibility index (Phi) is 7.09. The van der Waals surface area contributed by atoms with Crippen LogP contribution in [-0.2, 0) is 6.61 Å². The molecule has 0 saturated carbocycles. The Morgan fingerprint density at radius 3 is 2.46 bits per heavy atom. The Morgan fingerprint density at radius 1 is 0.838 bits per heavy atom. The number of rotatable bonds is 7. The molecule has 37 heavy (non-hydrogen) atoms. The molecule has 0 radical (unpaired) electrons. The van der Waals surface area contributed by atoms with Crippen molar-refractivity contribution in [3.8, 4) is 28.4 Å². The van der Waals surface area contributed by atoms with Gasteiger partial charge in [-0.1, -0.05) is 72.3 Å². The lowest BCUT2D eigenvalue weighted by Gasteiger charge is -2.19. The second-order valence-electron chi connectivity index (χ2n) is 9.36. The largest absolute Gasteiger partial charge is 0.488 e. The quantitative estimate of drug-likeness (QED) is 0.198. The Balaban J connectivity index is 1.41. The Bertz CT molecular complexity index is 1480. The molecule has 1 heterocycles. The number of aryl methyl sites for hydroxylation is 2. The fourth-order valence-corrected chi connectivity index (χ4v) is 4.67. The third-order valence-electron chi connectivity index (χ3n) is 6.65. The highest BCUT2D eigenvalue weighted by Crippen LogP contribution is 2.36. The van der Waals surface area contributed by atoms with Crippen molar-refractivity contribution in [3.05, 3.63) is 112 Å². The molecule has 0 fully saturated rings. The molecule has 186 valence electrons. The van der Waals surface area contributed by atoms with Gasteiger partial charge in [0.1, 0.15) is 25.6 Å². The lowest BCUT2D eigenvalue weighted by molar-refractivity contribution is 0.111. The minimum atomic E-state index is 0.409. The molecule has 4 heteroatoms. The third kappa shape index (κ3) is 5.44. The molecule has 5 rings (SSSR count). The van der Waals surface area contributed by atoms with Crippen LogP contribution in [0.5, 0.6) is 17.2 Å². The van der Waals surface area contributed by atoms with Crippen molar-refractivity contribution in [2.45, 2.75) is 27.4 Å². The van der Waals surface area contributed by atoms with E-state index >= 15 is 0 Å². The topological polar surface area (TPSA) is 44.8 Å². The smallest absolute Gasteiger partial charge is 0.161 e. The van der Waals surface area contributed by atoms with E-state index in [0.29, 0.717) is 31.1 Å². The van der Waals surface area contributed by atoms with E-state index in [1.807, 2.05) is 43.3 Å². The predicted molar refractivity (Wildman–Crippen MR) is 149 cm³/mol. The van der Waals surface area contributed by atoms with Crippen LogP contribution >= 0.6 is 0 Å². The first-order chi connectivity index (χ1) is 18.0. The highest BCUT2D eigenvalue weighted by molar-refractivity contribution is 5.84. The average molecular weight is 491 g/mol. The maximum atomic E-state index is 11.8. The van der Waals surface area contributed by atoms with Gasteiger partial charge in [0.05, 0.1) is 5.56 Å². The maximum absolute atomic E-state index is 11.8. The van der Waals surface area contributed by atoms with Crippen molar-refractivity contribution < 1.29 is 19.0 Å². The predicted octanol–water partition coefficient (Wildman–Crippen LogP) is 7.61. The summed E-state index contributed by atoms with van der Waals surface area (Å²) in [6, 6.07) is 24.5. The summed E-state index contributed by atoms with van der Waals surface area (Å²) in [7, 11) is 0. The molecule has 0 N–H and O–H groups in total. The van der Waals surface area contributed by atoms with Crippen LogP contribution in [0, 0.1) is 20.8 Å². The second-order valence-corrected chi connectivity index (χ2v) is 9.36. The number of carbonyl (C=O) groups excluding carboxylic acids is 1. The van der Waals surface area contributed by atoms with E-state index in [-0.39, 0.29) is 0 Å². The summed E-state index contributed by atoms with van der Waals surface area (Å²) in [5.41, 5.74) is 9.23. The van der Waals surface area contributed by atoms with Gasteiger partial charge in [-0.05, 0) is 77.9 Å². The van der Waals surface area contributed by atoms with Gasteiger partial charge in [-0.25, -0.2) is 0 Å². The van der Waals surface area contributed by atoms with Gasteiger partial charge in [-0.15, -0.1) is 0 Å². The van der Waals surface area contributed by atoms with Crippen LogP contribution in [0.3, 0.4) is 0 Å². The fourth-order valence-electron chi connectivity index (χ4n) is 4.67. The monoisotopic (exact) mass is 490 g/mol. The molecule has 4 nitrogen and oxygen atoms in total. The molecule has 0 aliphatic carbocycles. The zero-order chi connectivity index (χ0) is 25.8. The van der Waals surface area contributed by atoms with E-state index < -0.39 is 0 Å². The fraction of sp³-hybridized carbons (Fsp3) is 0.182. The van der Waals surface area contributed by atoms with Crippen molar-refractivity contribution in [2.24, 2.45) is 0 Å². The molecule has 0 aromatic heterocycles. The second kappa shape index (κ2) is 10.8. The highest BCUT2D eigenvalue weighted by Gasteiger charge is 2.14. The number of hydrogen-bond donors (Lipinski definition) is 0. The van der Waals surface area contributed by atoms with Crippen LogP contribution in [0.1, 0.15) is 43.7 Å². The summed E-state index contributed by atoms with van der Waals surface area (Å²) in [6.07, 6.45) is 5.04. The number of fused-ring (bicyclic) bond motifs is 1. The highest BCUT2D eigenvalue weighted by atomic mass is 16.6. The van der Waals surface area contributed by atoms with Crippen molar-refractivity contribution in [3.63, 3.8) is 0 Å². The van der Waals surface area contributed by atoms with Crippen molar-refractivity contribution >= 4 is 18.4 Å². The lowest BCUT2D eigenvalue weighted by Crippen LogP contribution is -2.15. The third-order valence-corrected chi connectivity index (χ3v) is 6.65. The summed E-state index contributed by atoms with van der Waals surface area (Å²) in [5.74, 6) is 2.17. The Morgan fingerprint density at radius 2 is 1.65 bits per heavy atom. The molecule has 1 aliphatic rings. The van der Waals surface area contributed by atoms with E-state index in [2.05, 4.69) is 62.4 Å². The lowest BCUT2D eigenvalue weighted by atomic mass is 9.95. The Hall–Kier alpha value is -4.31. The SMILES string of the molecule is Cc1cccc(COc2cc(/C=C/c3cccc(-c4ccc5c(c4)OCCO5)c3C)cc(C)c2C=O)c1. The van der Waals surface area contributed by atoms with Gasteiger partial charge in [0.2, 0.25) is 0 Å². The van der Waals surface area contributed by atoms with Gasteiger partial charge in [0.15, 0.2) is 17.8 Å². The molecule has 0 bridgehead atoms. The van der Waals surface area contributed by atoms with Gasteiger partial charge in [-0.2, -0.15) is 0 Å². The molecular formula is C33H30O4. The van der Waals surface area contributed by atoms with Gasteiger partial charge in [-0.3, -0.25) is 4.79 Å². The number of ether oxygens (including phenoxy) is 3. The summed E-state index contributed by atoms with van der Waals surface area (Å²) in [4.78, 5) is 11.8. The van der Waals surface area contributed by atoms with Crippen LogP contribution in [0.4, 0.5) is 0 Å². The molecule has 0 saturated heterocycles. The first-order valence-electron chi connectivity index (χ1n) is 12.5. The van der Waals surface area contributed by atoms with E-state index in [9.17, 15) is 4.79 Å². The van der Waals surface area contributed by atoms with E-state index in [1.54, 1.807) is 0 Å².